The molecule has 0 aliphatic carbocycles. The molecule has 3 rings (SSSR count). The van der Waals surface area contributed by atoms with Gasteiger partial charge in [0.05, 0.1) is 13.1 Å². The molecule has 0 bridgehead atoms. The zero-order chi connectivity index (χ0) is 16.7. The maximum atomic E-state index is 12.2. The molecule has 1 unspecified atom stereocenters. The van der Waals surface area contributed by atoms with E-state index in [1.807, 2.05) is 24.3 Å². The third-order valence-corrected chi connectivity index (χ3v) is 5.90. The molecule has 23 heavy (non-hydrogen) atoms. The molecule has 0 saturated carbocycles. The Bertz CT molecular complexity index is 649. The van der Waals surface area contributed by atoms with Crippen molar-refractivity contribution in [2.24, 2.45) is 0 Å². The summed E-state index contributed by atoms with van der Waals surface area (Å²) in [7, 11) is -3.32. The molecule has 1 aromatic carbocycles. The Morgan fingerprint density at radius 2 is 1.96 bits per heavy atom. The normalized spacial score (nSPS) is 23.5. The van der Waals surface area contributed by atoms with Crippen LogP contribution in [0.15, 0.2) is 24.3 Å². The van der Waals surface area contributed by atoms with E-state index in [0.29, 0.717) is 39.0 Å². The summed E-state index contributed by atoms with van der Waals surface area (Å²) in [6.45, 7) is 3.40. The molecule has 1 saturated heterocycles. The zero-order valence-electron chi connectivity index (χ0n) is 13.5. The largest absolute Gasteiger partial charge is 0.598 e. The molecule has 0 N–H and O–H groups in total. The van der Waals surface area contributed by atoms with E-state index in [-0.39, 0.29) is 5.91 Å². The number of carbonyl (C=O) groups is 1. The van der Waals surface area contributed by atoms with E-state index < -0.39 is 16.0 Å². The Morgan fingerprint density at radius 3 is 2.57 bits per heavy atom. The summed E-state index contributed by atoms with van der Waals surface area (Å²) in [5, 5.41) is 0. The van der Waals surface area contributed by atoms with Gasteiger partial charge in [-0.15, -0.1) is 4.31 Å². The summed E-state index contributed by atoms with van der Waals surface area (Å²) in [6.07, 6.45) is 2.50. The molecule has 1 spiro atoms. The number of ether oxygens (including phenoxy) is 1. The predicted octanol–water partition coefficient (Wildman–Crippen LogP) is 1.44. The van der Waals surface area contributed by atoms with Crippen LogP contribution in [0.2, 0.25) is 0 Å². The molecule has 1 aromatic rings. The standard InChI is InChI=1S/C16H22N2O4S/c1-13(19)17-9-7-16(8-10-17)12-18(23(2,20)21)11-14-5-3-4-6-15(14)22-16/h3-6H,7-12H2,1-2H3. The number of hydrogen-bond acceptors (Lipinski definition) is 4. The Morgan fingerprint density at radius 1 is 1.30 bits per heavy atom. The summed E-state index contributed by atoms with van der Waals surface area (Å²) in [5.74, 6) is 0.795. The van der Waals surface area contributed by atoms with Gasteiger partial charge in [0.1, 0.15) is 28.0 Å². The highest BCUT2D eigenvalue weighted by molar-refractivity contribution is 7.94. The minimum atomic E-state index is -3.32. The van der Waals surface area contributed by atoms with E-state index in [1.165, 1.54) is 10.6 Å². The quantitative estimate of drug-likeness (QED) is 0.726. The molecule has 0 radical (unpaired) electrons. The monoisotopic (exact) mass is 338 g/mol. The lowest BCUT2D eigenvalue weighted by Gasteiger charge is -2.42. The number of likely N-dealkylation sites (tertiary alicyclic amines) is 1. The fourth-order valence-corrected chi connectivity index (χ4v) is 4.13. The van der Waals surface area contributed by atoms with Gasteiger partial charge in [-0.25, -0.2) is 0 Å². The first-order valence-corrected chi connectivity index (χ1v) is 9.61. The number of hydrogen-bond donors (Lipinski definition) is 0. The van der Waals surface area contributed by atoms with Gasteiger partial charge >= 0.3 is 0 Å². The van der Waals surface area contributed by atoms with E-state index in [2.05, 4.69) is 0 Å². The molecule has 6 nitrogen and oxygen atoms in total. The van der Waals surface area contributed by atoms with Gasteiger partial charge in [-0.2, -0.15) is 0 Å². The number of carbonyl (C=O) groups excluding carboxylic acids is 1. The average Bonchev–Trinajstić information content (AvgIpc) is 2.64. The van der Waals surface area contributed by atoms with Crippen LogP contribution in [-0.4, -0.2) is 51.2 Å². The van der Waals surface area contributed by atoms with Gasteiger partial charge in [-0.1, -0.05) is 22.4 Å². The molecule has 0 aromatic heterocycles. The van der Waals surface area contributed by atoms with Crippen LogP contribution < -0.4 is 4.74 Å². The van der Waals surface area contributed by atoms with Crippen LogP contribution in [0, 0.1) is 0 Å². The van der Waals surface area contributed by atoms with Crippen LogP contribution in [0.1, 0.15) is 25.3 Å². The van der Waals surface area contributed by atoms with Gasteiger partial charge in [0.2, 0.25) is 5.91 Å². The first-order chi connectivity index (χ1) is 10.8. The summed E-state index contributed by atoms with van der Waals surface area (Å²) in [4.78, 5) is 13.3. The second-order valence-corrected chi connectivity index (χ2v) is 8.41. The smallest absolute Gasteiger partial charge is 0.219 e. The van der Waals surface area contributed by atoms with Crippen molar-refractivity contribution in [1.29, 1.82) is 0 Å². The lowest BCUT2D eigenvalue weighted by molar-refractivity contribution is -0.132. The third-order valence-electron chi connectivity index (χ3n) is 4.70. The van der Waals surface area contributed by atoms with Gasteiger partial charge in [-0.05, 0) is 6.07 Å². The van der Waals surface area contributed by atoms with Crippen LogP contribution in [0.25, 0.3) is 0 Å². The second-order valence-electron chi connectivity index (χ2n) is 6.43. The van der Waals surface area contributed by atoms with Gasteiger partial charge in [0.25, 0.3) is 0 Å². The molecular weight excluding hydrogens is 316 g/mol. The Kier molecular flexibility index (Phi) is 4.20. The van der Waals surface area contributed by atoms with Crippen LogP contribution in [0.4, 0.5) is 0 Å². The van der Waals surface area contributed by atoms with E-state index in [9.17, 15) is 13.6 Å². The topological polar surface area (TPSA) is 72.9 Å². The Hall–Kier alpha value is -1.44. The maximum Gasteiger partial charge on any atom is 0.219 e. The molecule has 2 aliphatic heterocycles. The Labute approximate surface area is 137 Å². The lowest BCUT2D eigenvalue weighted by atomic mass is 9.91. The number of para-hydroxylation sites is 1. The third kappa shape index (κ3) is 3.41. The molecule has 1 amide bonds. The zero-order valence-corrected chi connectivity index (χ0v) is 14.3. The maximum absolute atomic E-state index is 12.2. The van der Waals surface area contributed by atoms with Crippen molar-refractivity contribution in [2.75, 3.05) is 25.9 Å². The summed E-state index contributed by atoms with van der Waals surface area (Å²) >= 11 is 0. The first kappa shape index (κ1) is 16.4. The summed E-state index contributed by atoms with van der Waals surface area (Å²) in [6, 6.07) is 7.57. The minimum absolute atomic E-state index is 0.0499. The number of nitrogens with zero attached hydrogens (tertiary/aromatic N) is 2. The lowest BCUT2D eigenvalue weighted by Crippen LogP contribution is -2.55. The van der Waals surface area contributed by atoms with E-state index in [0.717, 1.165) is 11.3 Å². The second kappa shape index (κ2) is 5.89. The SMILES string of the molecule is CC(=O)N1CCC2(CC1)CN([S+](C)(=O)[O-])Cc1ccccc1O2. The molecule has 1 fully saturated rings. The highest BCUT2D eigenvalue weighted by Crippen LogP contribution is 2.36. The average molecular weight is 338 g/mol. The summed E-state index contributed by atoms with van der Waals surface area (Å²) in [5.41, 5.74) is 0.311. The predicted molar refractivity (Wildman–Crippen MR) is 86.5 cm³/mol. The number of sulfonamides is 1. The molecule has 7 heteroatoms. The number of amides is 1. The van der Waals surface area contributed by atoms with Crippen molar-refractivity contribution >= 4 is 16.3 Å². The van der Waals surface area contributed by atoms with Crippen molar-refractivity contribution in [3.05, 3.63) is 29.8 Å². The fraction of sp³-hybridized carbons (Fsp3) is 0.562. The number of fused-ring (bicyclic) bond motifs is 1. The highest BCUT2D eigenvalue weighted by Gasteiger charge is 2.44. The Balaban J connectivity index is 1.92. The van der Waals surface area contributed by atoms with E-state index in [4.69, 9.17) is 4.74 Å². The first-order valence-electron chi connectivity index (χ1n) is 7.77. The van der Waals surface area contributed by atoms with Gasteiger partial charge in [0.15, 0.2) is 0 Å². The van der Waals surface area contributed by atoms with Crippen LogP contribution in [0.5, 0.6) is 5.75 Å². The molecular formula is C16H22N2O4S. The van der Waals surface area contributed by atoms with Crippen molar-refractivity contribution in [2.45, 2.75) is 31.9 Å². The van der Waals surface area contributed by atoms with Gasteiger partial charge in [0, 0.05) is 38.4 Å². The number of rotatable bonds is 1. The number of benzene rings is 1. The van der Waals surface area contributed by atoms with Gasteiger partial charge < -0.3 is 14.2 Å². The van der Waals surface area contributed by atoms with Crippen molar-refractivity contribution < 1.29 is 18.3 Å². The molecule has 2 aliphatic rings. The van der Waals surface area contributed by atoms with Gasteiger partial charge in [-0.3, -0.25) is 4.79 Å². The van der Waals surface area contributed by atoms with Crippen molar-refractivity contribution in [1.82, 2.24) is 9.21 Å². The van der Waals surface area contributed by atoms with Crippen LogP contribution in [0.3, 0.4) is 0 Å². The minimum Gasteiger partial charge on any atom is -0.598 e. The van der Waals surface area contributed by atoms with E-state index >= 15 is 0 Å². The molecule has 1 atom stereocenters. The van der Waals surface area contributed by atoms with Crippen molar-refractivity contribution in [3.63, 3.8) is 0 Å². The molecule has 126 valence electrons. The van der Waals surface area contributed by atoms with E-state index in [1.54, 1.807) is 11.8 Å². The van der Waals surface area contributed by atoms with Crippen LogP contribution in [-0.2, 0) is 25.9 Å². The highest BCUT2D eigenvalue weighted by atomic mass is 32.3. The summed E-state index contributed by atoms with van der Waals surface area (Å²) < 4.78 is 32.1. The van der Waals surface area contributed by atoms with Crippen molar-refractivity contribution in [3.8, 4) is 5.75 Å². The fourth-order valence-electron chi connectivity index (χ4n) is 3.29. The number of piperidine rings is 1. The van der Waals surface area contributed by atoms with Crippen LogP contribution >= 0.6 is 0 Å². The molecule has 2 heterocycles.